The van der Waals surface area contributed by atoms with E-state index in [1.165, 1.54) is 160 Å². The molecule has 0 unspecified atom stereocenters. The van der Waals surface area contributed by atoms with E-state index in [4.69, 9.17) is 14.7 Å². The smallest absolute Gasteiger partial charge is 0.306 e. The second-order valence-corrected chi connectivity index (χ2v) is 14.0. The number of ether oxygens (including phenoxy) is 2. The number of nitriles is 1. The summed E-state index contributed by atoms with van der Waals surface area (Å²) in [6, 6.07) is 1.97. The molecule has 0 N–H and O–H groups in total. The Kier molecular flexibility index (Phi) is 37.6. The Hall–Kier alpha value is -2.09. The number of carbonyl (C=O) groups is 2. The summed E-state index contributed by atoms with van der Waals surface area (Å²) in [5.41, 5.74) is 0.523. The summed E-state index contributed by atoms with van der Waals surface area (Å²) in [6.45, 7) is 4.54. The van der Waals surface area contributed by atoms with Crippen LogP contribution in [0, 0.1) is 11.3 Å². The van der Waals surface area contributed by atoms with E-state index in [9.17, 15) is 9.59 Å². The van der Waals surface area contributed by atoms with Gasteiger partial charge in [0.25, 0.3) is 0 Å². The third-order valence-electron chi connectivity index (χ3n) is 9.23. The van der Waals surface area contributed by atoms with Crippen molar-refractivity contribution in [1.29, 1.82) is 5.26 Å². The standard InChI is InChI=1S/C43H77NO4/c1-3-5-7-9-11-13-15-17-19-20-22-24-26-28-30-32-34-36-43(46)48-40-41(37-38-44)39-47-42(45)35-33-31-29-27-25-23-21-18-16-14-12-10-8-6-4-2/h11,13,37H,3-10,12,14-36,39-40H2,1-2H3/b13-11-,41-37-. The van der Waals surface area contributed by atoms with Crippen LogP contribution in [0.4, 0.5) is 0 Å². The molecule has 5 heteroatoms. The molecule has 0 rings (SSSR count). The molecule has 0 aromatic carbocycles. The predicted octanol–water partition coefficient (Wildman–Crippen LogP) is 13.6. The highest BCUT2D eigenvalue weighted by Crippen LogP contribution is 2.15. The van der Waals surface area contributed by atoms with Crippen LogP contribution in [0.15, 0.2) is 23.8 Å². The molecule has 0 aromatic heterocycles. The lowest BCUT2D eigenvalue weighted by molar-refractivity contribution is -0.144. The van der Waals surface area contributed by atoms with Gasteiger partial charge in [-0.2, -0.15) is 5.26 Å². The molecule has 0 aliphatic carbocycles. The Balaban J connectivity index is 3.61. The van der Waals surface area contributed by atoms with Crippen molar-refractivity contribution in [3.63, 3.8) is 0 Å². The molecule has 0 saturated carbocycles. The SMILES string of the molecule is CCCCC/C=C\CCCCCCCCCCCCC(=O)OC/C(=C\C#N)COC(=O)CCCCCCCCCCCCCCCCC. The van der Waals surface area contributed by atoms with Crippen LogP contribution in [0.1, 0.15) is 219 Å². The Morgan fingerprint density at radius 3 is 1.10 bits per heavy atom. The third kappa shape index (κ3) is 36.7. The Morgan fingerprint density at radius 1 is 0.458 bits per heavy atom. The van der Waals surface area contributed by atoms with Gasteiger partial charge >= 0.3 is 11.9 Å². The molecule has 0 aliphatic rings. The number of unbranched alkanes of at least 4 members (excludes halogenated alkanes) is 27. The van der Waals surface area contributed by atoms with Crippen LogP contribution in [0.25, 0.3) is 0 Å². The van der Waals surface area contributed by atoms with Crippen LogP contribution in [0.3, 0.4) is 0 Å². The maximum Gasteiger partial charge on any atom is 0.306 e. The Labute approximate surface area is 298 Å². The average molecular weight is 672 g/mol. The van der Waals surface area contributed by atoms with Crippen molar-refractivity contribution in [2.24, 2.45) is 0 Å². The molecule has 5 nitrogen and oxygen atoms in total. The number of esters is 2. The molecule has 0 bridgehead atoms. The minimum absolute atomic E-state index is 0.00782. The van der Waals surface area contributed by atoms with E-state index in [-0.39, 0.29) is 25.2 Å². The highest BCUT2D eigenvalue weighted by Gasteiger charge is 2.09. The normalized spacial score (nSPS) is 11.6. The van der Waals surface area contributed by atoms with Crippen molar-refractivity contribution in [3.8, 4) is 6.07 Å². The van der Waals surface area contributed by atoms with Crippen molar-refractivity contribution in [3.05, 3.63) is 23.8 Å². The fourth-order valence-corrected chi connectivity index (χ4v) is 6.04. The Morgan fingerprint density at radius 2 is 0.750 bits per heavy atom. The molecule has 0 aliphatic heterocycles. The number of hydrogen-bond acceptors (Lipinski definition) is 5. The first-order valence-corrected chi connectivity index (χ1v) is 20.7. The highest BCUT2D eigenvalue weighted by atomic mass is 16.5. The molecule has 0 amide bonds. The zero-order chi connectivity index (χ0) is 35.0. The van der Waals surface area contributed by atoms with Crippen LogP contribution >= 0.6 is 0 Å². The Bertz CT molecular complexity index is 812. The van der Waals surface area contributed by atoms with Gasteiger partial charge in [-0.25, -0.2) is 0 Å². The van der Waals surface area contributed by atoms with Gasteiger partial charge in [0.05, 0.1) is 6.07 Å². The highest BCUT2D eigenvalue weighted by molar-refractivity contribution is 5.70. The van der Waals surface area contributed by atoms with Gasteiger partial charge in [0, 0.05) is 24.5 Å². The molecular weight excluding hydrogens is 594 g/mol. The number of hydrogen-bond donors (Lipinski definition) is 0. The van der Waals surface area contributed by atoms with Crippen molar-refractivity contribution >= 4 is 11.9 Å². The first-order valence-electron chi connectivity index (χ1n) is 20.7. The average Bonchev–Trinajstić information content (AvgIpc) is 3.09. The minimum atomic E-state index is -0.251. The molecule has 48 heavy (non-hydrogen) atoms. The number of rotatable bonds is 37. The lowest BCUT2D eigenvalue weighted by atomic mass is 10.0. The largest absolute Gasteiger partial charge is 0.461 e. The van der Waals surface area contributed by atoms with Crippen LogP contribution in [0.5, 0.6) is 0 Å². The van der Waals surface area contributed by atoms with E-state index < -0.39 is 0 Å². The summed E-state index contributed by atoms with van der Waals surface area (Å²) in [7, 11) is 0. The first kappa shape index (κ1) is 45.9. The minimum Gasteiger partial charge on any atom is -0.461 e. The van der Waals surface area contributed by atoms with Gasteiger partial charge in [-0.05, 0) is 38.5 Å². The van der Waals surface area contributed by atoms with Crippen LogP contribution in [-0.4, -0.2) is 25.2 Å². The van der Waals surface area contributed by atoms with Gasteiger partial charge in [0.15, 0.2) is 0 Å². The number of carbonyl (C=O) groups excluding carboxylic acids is 2. The van der Waals surface area contributed by atoms with Gasteiger partial charge in [-0.1, -0.05) is 180 Å². The molecule has 0 heterocycles. The van der Waals surface area contributed by atoms with Gasteiger partial charge in [-0.15, -0.1) is 0 Å². The maximum atomic E-state index is 12.2. The second kappa shape index (κ2) is 39.3. The van der Waals surface area contributed by atoms with E-state index in [0.29, 0.717) is 18.4 Å². The third-order valence-corrected chi connectivity index (χ3v) is 9.23. The summed E-state index contributed by atoms with van der Waals surface area (Å²) in [5.74, 6) is -0.500. The summed E-state index contributed by atoms with van der Waals surface area (Å²) >= 11 is 0. The zero-order valence-corrected chi connectivity index (χ0v) is 31.9. The molecule has 278 valence electrons. The van der Waals surface area contributed by atoms with Gasteiger partial charge < -0.3 is 9.47 Å². The van der Waals surface area contributed by atoms with Gasteiger partial charge in [0.1, 0.15) is 13.2 Å². The fraction of sp³-hybridized carbons (Fsp3) is 0.837. The number of allylic oxidation sites excluding steroid dienone is 3. The van der Waals surface area contributed by atoms with E-state index in [1.807, 2.05) is 6.07 Å². The van der Waals surface area contributed by atoms with Gasteiger partial charge in [-0.3, -0.25) is 9.59 Å². The van der Waals surface area contributed by atoms with Crippen LogP contribution < -0.4 is 0 Å². The topological polar surface area (TPSA) is 76.4 Å². The van der Waals surface area contributed by atoms with Crippen molar-refractivity contribution in [2.75, 3.05) is 13.2 Å². The fourth-order valence-electron chi connectivity index (χ4n) is 6.04. The van der Waals surface area contributed by atoms with E-state index in [0.717, 1.165) is 38.5 Å². The predicted molar refractivity (Wildman–Crippen MR) is 204 cm³/mol. The molecule has 0 atom stereocenters. The molecule has 0 spiro atoms. The molecule has 0 aromatic rings. The lowest BCUT2D eigenvalue weighted by Crippen LogP contribution is -2.13. The van der Waals surface area contributed by atoms with E-state index in [1.54, 1.807) is 0 Å². The van der Waals surface area contributed by atoms with E-state index in [2.05, 4.69) is 26.0 Å². The van der Waals surface area contributed by atoms with Crippen LogP contribution in [-0.2, 0) is 19.1 Å². The summed E-state index contributed by atoms with van der Waals surface area (Å²) in [5, 5.41) is 9.08. The first-order chi connectivity index (χ1) is 23.6. The number of nitrogens with zero attached hydrogens (tertiary/aromatic N) is 1. The summed E-state index contributed by atoms with van der Waals surface area (Å²) in [4.78, 5) is 24.3. The molecule has 0 saturated heterocycles. The molecule has 0 radical (unpaired) electrons. The molecule has 0 fully saturated rings. The summed E-state index contributed by atoms with van der Waals surface area (Å²) in [6.07, 6.45) is 44.8. The van der Waals surface area contributed by atoms with Crippen molar-refractivity contribution in [2.45, 2.75) is 219 Å². The molecular formula is C43H77NO4. The maximum absolute atomic E-state index is 12.2. The monoisotopic (exact) mass is 672 g/mol. The van der Waals surface area contributed by atoms with Crippen molar-refractivity contribution in [1.82, 2.24) is 0 Å². The lowest BCUT2D eigenvalue weighted by Gasteiger charge is -2.09. The van der Waals surface area contributed by atoms with Crippen LogP contribution in [0.2, 0.25) is 0 Å². The van der Waals surface area contributed by atoms with E-state index >= 15 is 0 Å². The van der Waals surface area contributed by atoms with Crippen molar-refractivity contribution < 1.29 is 19.1 Å². The summed E-state index contributed by atoms with van der Waals surface area (Å²) < 4.78 is 10.7. The quantitative estimate of drug-likeness (QED) is 0.0284. The zero-order valence-electron chi connectivity index (χ0n) is 31.9. The second-order valence-electron chi connectivity index (χ2n) is 14.0. The van der Waals surface area contributed by atoms with Gasteiger partial charge in [0.2, 0.25) is 0 Å².